The molecule has 0 aromatic heterocycles. The summed E-state index contributed by atoms with van der Waals surface area (Å²) in [5.74, 6) is -1.49. The molecular formula is C28H28F3N5O4. The summed E-state index contributed by atoms with van der Waals surface area (Å²) in [6.45, 7) is 6.90. The lowest BCUT2D eigenvalue weighted by Crippen LogP contribution is -2.55. The first-order chi connectivity index (χ1) is 18.6. The van der Waals surface area contributed by atoms with Gasteiger partial charge in [0, 0.05) is 11.4 Å². The molecule has 2 amide bonds. The van der Waals surface area contributed by atoms with Gasteiger partial charge in [0.15, 0.2) is 0 Å². The molecule has 40 heavy (non-hydrogen) atoms. The lowest BCUT2D eigenvalue weighted by molar-refractivity contribution is -0.138. The molecule has 0 bridgehead atoms. The number of nitrogens with two attached hydrogens (primary N) is 1. The van der Waals surface area contributed by atoms with Gasteiger partial charge in [0.2, 0.25) is 5.96 Å². The summed E-state index contributed by atoms with van der Waals surface area (Å²) in [7, 11) is 1.11. The third kappa shape index (κ3) is 6.09. The highest BCUT2D eigenvalue weighted by molar-refractivity contribution is 6.10. The number of nitrogens with zero attached hydrogens (tertiary/aromatic N) is 3. The van der Waals surface area contributed by atoms with Crippen LogP contribution in [0.2, 0.25) is 0 Å². The van der Waals surface area contributed by atoms with E-state index in [1.54, 1.807) is 0 Å². The molecule has 9 nitrogen and oxygen atoms in total. The maximum absolute atomic E-state index is 13.5. The van der Waals surface area contributed by atoms with E-state index in [1.165, 1.54) is 43.5 Å². The fourth-order valence-electron chi connectivity index (χ4n) is 4.22. The molecule has 1 aliphatic rings. The van der Waals surface area contributed by atoms with Gasteiger partial charge < -0.3 is 15.2 Å². The average molecular weight is 556 g/mol. The van der Waals surface area contributed by atoms with Crippen molar-refractivity contribution >= 4 is 29.7 Å². The number of nitrogens with one attached hydrogen (secondary N) is 1. The monoisotopic (exact) mass is 555 g/mol. The summed E-state index contributed by atoms with van der Waals surface area (Å²) in [5, 5.41) is 18.3. The molecule has 3 N–H and O–H groups in total. The number of anilines is 1. The number of benzene rings is 2. The fraction of sp³-hybridized carbons (Fsp3) is 0.286. The number of guanidine groups is 1. The first-order valence-corrected chi connectivity index (χ1v) is 11.9. The van der Waals surface area contributed by atoms with Crippen molar-refractivity contribution in [2.45, 2.75) is 45.5 Å². The number of alkyl halides is 3. The zero-order chi connectivity index (χ0) is 30.0. The molecule has 2 aromatic rings. The largest absolute Gasteiger partial charge is 0.496 e. The van der Waals surface area contributed by atoms with Crippen LogP contribution in [-0.4, -0.2) is 35.6 Å². The first-order valence-electron chi connectivity index (χ1n) is 11.9. The van der Waals surface area contributed by atoms with Crippen molar-refractivity contribution < 1.29 is 32.2 Å². The van der Waals surface area contributed by atoms with Crippen molar-refractivity contribution in [1.82, 2.24) is 4.90 Å². The molecule has 0 saturated carbocycles. The van der Waals surface area contributed by atoms with Crippen molar-refractivity contribution in [3.63, 3.8) is 0 Å². The molecule has 1 aliphatic heterocycles. The Hall–Kier alpha value is -4.79. The van der Waals surface area contributed by atoms with Gasteiger partial charge >= 0.3 is 18.2 Å². The van der Waals surface area contributed by atoms with Crippen molar-refractivity contribution in [3.8, 4) is 6.07 Å². The number of nitriles is 1. The highest BCUT2D eigenvalue weighted by Gasteiger charge is 2.44. The second-order valence-electron chi connectivity index (χ2n) is 9.80. The number of hydrogen-bond acceptors (Lipinski definition) is 6. The van der Waals surface area contributed by atoms with Crippen LogP contribution in [0.3, 0.4) is 0 Å². The van der Waals surface area contributed by atoms with E-state index in [0.717, 1.165) is 35.1 Å². The third-order valence-electron chi connectivity index (χ3n) is 5.95. The fourth-order valence-corrected chi connectivity index (χ4v) is 4.22. The van der Waals surface area contributed by atoms with Crippen molar-refractivity contribution in [3.05, 3.63) is 82.3 Å². The van der Waals surface area contributed by atoms with Crippen molar-refractivity contribution in [2.75, 3.05) is 12.0 Å². The number of allylic oxidation sites excluding steroid dienone is 1. The number of primary amides is 1. The average Bonchev–Trinajstić information content (AvgIpc) is 2.86. The Bertz CT molecular complexity index is 1450. The zero-order valence-electron chi connectivity index (χ0n) is 22.5. The summed E-state index contributed by atoms with van der Waals surface area (Å²) in [4.78, 5) is 27.8. The predicted octanol–water partition coefficient (Wildman–Crippen LogP) is 5.69. The van der Waals surface area contributed by atoms with Crippen molar-refractivity contribution in [1.29, 1.82) is 10.7 Å². The van der Waals surface area contributed by atoms with Gasteiger partial charge in [-0.25, -0.2) is 9.59 Å². The van der Waals surface area contributed by atoms with Gasteiger partial charge in [0.05, 0.1) is 41.7 Å². The first kappa shape index (κ1) is 29.8. The number of esters is 1. The SMILES string of the molecule is COC(=O)C1=C(C)N(c2cccc(C(F)(F)F)c2)C(=N)N(C(N)=O)C1c1ccc(C#N)cc1C=COC(C)(C)C. The summed E-state index contributed by atoms with van der Waals surface area (Å²) in [6.07, 6.45) is -1.75. The summed E-state index contributed by atoms with van der Waals surface area (Å²) < 4.78 is 51.1. The van der Waals surface area contributed by atoms with Gasteiger partial charge in [0.25, 0.3) is 0 Å². The topological polar surface area (TPSA) is 133 Å². The van der Waals surface area contributed by atoms with Gasteiger partial charge in [-0.15, -0.1) is 0 Å². The maximum atomic E-state index is 13.5. The third-order valence-corrected chi connectivity index (χ3v) is 5.95. The molecule has 12 heteroatoms. The van der Waals surface area contributed by atoms with Gasteiger partial charge in [-0.3, -0.25) is 15.2 Å². The summed E-state index contributed by atoms with van der Waals surface area (Å²) >= 11 is 0. The van der Waals surface area contributed by atoms with Crippen LogP contribution < -0.4 is 10.6 Å². The van der Waals surface area contributed by atoms with Crippen LogP contribution in [0.15, 0.2) is 60.0 Å². The van der Waals surface area contributed by atoms with Gasteiger partial charge in [-0.05, 0) is 75.2 Å². The van der Waals surface area contributed by atoms with E-state index in [2.05, 4.69) is 0 Å². The zero-order valence-corrected chi connectivity index (χ0v) is 22.5. The number of carbonyl (C=O) groups is 2. The molecule has 0 fully saturated rings. The molecule has 1 atom stereocenters. The molecule has 0 spiro atoms. The molecule has 0 saturated heterocycles. The maximum Gasteiger partial charge on any atom is 0.416 e. The number of methoxy groups -OCH3 is 1. The molecule has 210 valence electrons. The molecule has 1 unspecified atom stereocenters. The summed E-state index contributed by atoms with van der Waals surface area (Å²) in [5.41, 5.74) is 4.87. The number of amides is 2. The minimum atomic E-state index is -4.68. The van der Waals surface area contributed by atoms with E-state index < -0.39 is 41.3 Å². The van der Waals surface area contributed by atoms with Crippen molar-refractivity contribution in [2.24, 2.45) is 5.73 Å². The molecule has 0 radical (unpaired) electrons. The number of ether oxygens (including phenoxy) is 2. The quantitative estimate of drug-likeness (QED) is 0.360. The Morgan fingerprint density at radius 2 is 1.82 bits per heavy atom. The van der Waals surface area contributed by atoms with Crippen LogP contribution in [-0.2, 0) is 20.4 Å². The highest BCUT2D eigenvalue weighted by Crippen LogP contribution is 2.42. The van der Waals surface area contributed by atoms with Crippen LogP contribution in [0.25, 0.3) is 6.08 Å². The molecule has 3 rings (SSSR count). The van der Waals surface area contributed by atoms with E-state index in [9.17, 15) is 28.0 Å². The Balaban J connectivity index is 2.33. The second kappa shape index (κ2) is 11.1. The lowest BCUT2D eigenvalue weighted by Gasteiger charge is -2.43. The minimum absolute atomic E-state index is 0.0453. The normalized spacial score (nSPS) is 16.3. The Morgan fingerprint density at radius 3 is 2.38 bits per heavy atom. The van der Waals surface area contributed by atoms with E-state index in [4.69, 9.17) is 20.6 Å². The number of carbonyl (C=O) groups excluding carboxylic acids is 2. The van der Waals surface area contributed by atoms with Crippen LogP contribution >= 0.6 is 0 Å². The van der Waals surface area contributed by atoms with Crippen LogP contribution in [0.5, 0.6) is 0 Å². The number of hydrogen-bond donors (Lipinski definition) is 2. The standard InChI is InChI=1S/C28H28F3N5O4/c1-16-22(24(37)39-5)23(21-10-9-17(15-32)13-18(21)11-12-40-27(2,3)4)36(26(34)38)25(33)35(16)20-8-6-7-19(14-20)28(29,30)31/h6-14,23,33H,1-5H3,(H2,34,38). The molecule has 2 aromatic carbocycles. The van der Waals surface area contributed by atoms with Gasteiger partial charge in [-0.1, -0.05) is 12.1 Å². The number of rotatable bonds is 5. The van der Waals surface area contributed by atoms with E-state index >= 15 is 0 Å². The van der Waals surface area contributed by atoms with Gasteiger partial charge in [-0.2, -0.15) is 18.4 Å². The molecule has 1 heterocycles. The highest BCUT2D eigenvalue weighted by atomic mass is 19.4. The number of urea groups is 1. The van der Waals surface area contributed by atoms with E-state index in [1.807, 2.05) is 26.8 Å². The van der Waals surface area contributed by atoms with E-state index in [-0.39, 0.29) is 22.5 Å². The smallest absolute Gasteiger partial charge is 0.416 e. The van der Waals surface area contributed by atoms with E-state index in [0.29, 0.717) is 11.1 Å². The lowest BCUT2D eigenvalue weighted by atomic mass is 9.89. The van der Waals surface area contributed by atoms with Crippen LogP contribution in [0, 0.1) is 16.7 Å². The number of halogens is 3. The summed E-state index contributed by atoms with van der Waals surface area (Å²) in [6, 6.07) is 8.14. The van der Waals surface area contributed by atoms with Crippen LogP contribution in [0.4, 0.5) is 23.7 Å². The van der Waals surface area contributed by atoms with Gasteiger partial charge in [0.1, 0.15) is 6.04 Å². The minimum Gasteiger partial charge on any atom is -0.496 e. The second-order valence-corrected chi connectivity index (χ2v) is 9.80. The Labute approximate surface area is 229 Å². The molecule has 0 aliphatic carbocycles. The predicted molar refractivity (Wildman–Crippen MR) is 142 cm³/mol. The molecular weight excluding hydrogens is 527 g/mol. The Kier molecular flexibility index (Phi) is 8.28. The van der Waals surface area contributed by atoms with Crippen LogP contribution in [0.1, 0.15) is 56.0 Å². The Morgan fingerprint density at radius 1 is 1.15 bits per heavy atom.